The molecule has 1 rings (SSSR count). The molecule has 0 amide bonds. The van der Waals surface area contributed by atoms with Gasteiger partial charge in [0.1, 0.15) is 5.82 Å². The highest BCUT2D eigenvalue weighted by Crippen LogP contribution is 2.20. The highest BCUT2D eigenvalue weighted by molar-refractivity contribution is 5.97. The second-order valence-electron chi connectivity index (χ2n) is 3.54. The van der Waals surface area contributed by atoms with E-state index in [0.717, 1.165) is 0 Å². The van der Waals surface area contributed by atoms with Gasteiger partial charge in [0, 0.05) is 19.9 Å². The summed E-state index contributed by atoms with van der Waals surface area (Å²) >= 11 is 0. The minimum absolute atomic E-state index is 0.0259. The molecule has 0 fully saturated rings. The summed E-state index contributed by atoms with van der Waals surface area (Å²) in [5.74, 6) is -0.0236. The first-order valence-corrected chi connectivity index (χ1v) is 5.19. The van der Waals surface area contributed by atoms with Gasteiger partial charge in [0.05, 0.1) is 24.5 Å². The van der Waals surface area contributed by atoms with Crippen molar-refractivity contribution in [2.45, 2.75) is 13.0 Å². The third-order valence-corrected chi connectivity index (χ3v) is 2.35. The standard InChI is InChI=1S/C11H17N3O3/c1-7(16-2)6-14-10-9(12)8(4-5-13-10)11(15)17-3/h4-5,7H,6,12H2,1-3H3,(H,13,14). The first kappa shape index (κ1) is 13.2. The van der Waals surface area contributed by atoms with Crippen LogP contribution in [0.2, 0.25) is 0 Å². The van der Waals surface area contributed by atoms with E-state index in [9.17, 15) is 4.79 Å². The van der Waals surface area contributed by atoms with E-state index in [2.05, 4.69) is 15.0 Å². The van der Waals surface area contributed by atoms with E-state index < -0.39 is 5.97 Å². The van der Waals surface area contributed by atoms with Gasteiger partial charge in [0.25, 0.3) is 0 Å². The summed E-state index contributed by atoms with van der Waals surface area (Å²) in [4.78, 5) is 15.5. The first-order valence-electron chi connectivity index (χ1n) is 5.19. The Morgan fingerprint density at radius 3 is 2.88 bits per heavy atom. The van der Waals surface area contributed by atoms with Crippen LogP contribution in [0, 0.1) is 0 Å². The topological polar surface area (TPSA) is 86.5 Å². The van der Waals surface area contributed by atoms with Gasteiger partial charge in [0.15, 0.2) is 0 Å². The summed E-state index contributed by atoms with van der Waals surface area (Å²) in [6, 6.07) is 1.52. The Bertz CT molecular complexity index is 396. The fourth-order valence-corrected chi connectivity index (χ4v) is 1.23. The molecule has 0 aromatic carbocycles. The van der Waals surface area contributed by atoms with E-state index in [1.165, 1.54) is 19.4 Å². The van der Waals surface area contributed by atoms with Crippen LogP contribution in [0.25, 0.3) is 0 Å². The fourth-order valence-electron chi connectivity index (χ4n) is 1.23. The molecule has 94 valence electrons. The minimum atomic E-state index is -0.479. The Hall–Kier alpha value is -1.82. The van der Waals surface area contributed by atoms with Crippen LogP contribution >= 0.6 is 0 Å². The molecule has 0 radical (unpaired) electrons. The molecular weight excluding hydrogens is 222 g/mol. The quantitative estimate of drug-likeness (QED) is 0.742. The maximum absolute atomic E-state index is 11.4. The largest absolute Gasteiger partial charge is 0.465 e. The zero-order valence-corrected chi connectivity index (χ0v) is 10.2. The average molecular weight is 239 g/mol. The summed E-state index contributed by atoms with van der Waals surface area (Å²) in [5, 5.41) is 3.01. The van der Waals surface area contributed by atoms with Crippen LogP contribution in [-0.4, -0.2) is 37.8 Å². The molecule has 6 nitrogen and oxygen atoms in total. The monoisotopic (exact) mass is 239 g/mol. The fraction of sp³-hybridized carbons (Fsp3) is 0.455. The summed E-state index contributed by atoms with van der Waals surface area (Å²) in [6.45, 7) is 2.46. The highest BCUT2D eigenvalue weighted by atomic mass is 16.5. The lowest BCUT2D eigenvalue weighted by atomic mass is 10.2. The molecule has 1 atom stereocenters. The van der Waals surface area contributed by atoms with Gasteiger partial charge in [-0.3, -0.25) is 0 Å². The summed E-state index contributed by atoms with van der Waals surface area (Å²) < 4.78 is 9.71. The summed E-state index contributed by atoms with van der Waals surface area (Å²) in [5.41, 5.74) is 6.40. The molecule has 0 aliphatic heterocycles. The van der Waals surface area contributed by atoms with Crippen molar-refractivity contribution in [2.75, 3.05) is 31.8 Å². The van der Waals surface area contributed by atoms with E-state index in [0.29, 0.717) is 17.9 Å². The van der Waals surface area contributed by atoms with Crippen molar-refractivity contribution in [3.05, 3.63) is 17.8 Å². The number of esters is 1. The number of rotatable bonds is 5. The Balaban J connectivity index is 2.83. The normalized spacial score (nSPS) is 11.9. The lowest BCUT2D eigenvalue weighted by Gasteiger charge is -2.13. The van der Waals surface area contributed by atoms with Crippen LogP contribution in [0.3, 0.4) is 0 Å². The highest BCUT2D eigenvalue weighted by Gasteiger charge is 2.13. The van der Waals surface area contributed by atoms with Crippen molar-refractivity contribution in [1.29, 1.82) is 0 Å². The third-order valence-electron chi connectivity index (χ3n) is 2.35. The van der Waals surface area contributed by atoms with Gasteiger partial charge in [-0.05, 0) is 13.0 Å². The lowest BCUT2D eigenvalue weighted by molar-refractivity contribution is 0.0602. The number of hydrogen-bond donors (Lipinski definition) is 2. The Morgan fingerprint density at radius 1 is 1.59 bits per heavy atom. The number of ether oxygens (including phenoxy) is 2. The van der Waals surface area contributed by atoms with Crippen LogP contribution < -0.4 is 11.1 Å². The van der Waals surface area contributed by atoms with Gasteiger partial charge in [-0.2, -0.15) is 0 Å². The number of nitrogens with zero attached hydrogens (tertiary/aromatic N) is 1. The smallest absolute Gasteiger partial charge is 0.340 e. The van der Waals surface area contributed by atoms with Crippen LogP contribution in [0.1, 0.15) is 17.3 Å². The maximum atomic E-state index is 11.4. The molecule has 0 aliphatic carbocycles. The second-order valence-corrected chi connectivity index (χ2v) is 3.54. The molecule has 6 heteroatoms. The zero-order valence-electron chi connectivity index (χ0n) is 10.2. The van der Waals surface area contributed by atoms with Gasteiger partial charge in [-0.1, -0.05) is 0 Å². The van der Waals surface area contributed by atoms with Gasteiger partial charge < -0.3 is 20.5 Å². The second kappa shape index (κ2) is 6.05. The Labute approximate surface area is 100 Å². The van der Waals surface area contributed by atoms with Crippen LogP contribution in [0.5, 0.6) is 0 Å². The molecule has 0 spiro atoms. The first-order chi connectivity index (χ1) is 8.10. The van der Waals surface area contributed by atoms with E-state index in [4.69, 9.17) is 10.5 Å². The number of nitrogens with two attached hydrogens (primary N) is 1. The van der Waals surface area contributed by atoms with E-state index in [1.54, 1.807) is 7.11 Å². The van der Waals surface area contributed by atoms with Gasteiger partial charge in [0.2, 0.25) is 0 Å². The molecule has 1 unspecified atom stereocenters. The number of nitrogens with one attached hydrogen (secondary N) is 1. The summed E-state index contributed by atoms with van der Waals surface area (Å²) in [7, 11) is 2.93. The maximum Gasteiger partial charge on any atom is 0.340 e. The molecule has 1 heterocycles. The van der Waals surface area contributed by atoms with E-state index in [-0.39, 0.29) is 11.8 Å². The number of anilines is 2. The molecule has 0 aliphatic rings. The van der Waals surface area contributed by atoms with Crippen LogP contribution in [0.15, 0.2) is 12.3 Å². The van der Waals surface area contributed by atoms with Crippen molar-refractivity contribution < 1.29 is 14.3 Å². The molecule has 1 aromatic rings. The van der Waals surface area contributed by atoms with Crippen LogP contribution in [-0.2, 0) is 9.47 Å². The number of hydrogen-bond acceptors (Lipinski definition) is 6. The minimum Gasteiger partial charge on any atom is -0.465 e. The van der Waals surface area contributed by atoms with Gasteiger partial charge >= 0.3 is 5.97 Å². The number of carbonyl (C=O) groups excluding carboxylic acids is 1. The van der Waals surface area contributed by atoms with Crippen molar-refractivity contribution in [3.8, 4) is 0 Å². The number of aromatic nitrogens is 1. The number of nitrogen functional groups attached to an aromatic ring is 1. The number of methoxy groups -OCH3 is 2. The molecule has 3 N–H and O–H groups in total. The third kappa shape index (κ3) is 3.32. The average Bonchev–Trinajstić information content (AvgIpc) is 2.36. The molecule has 0 saturated carbocycles. The SMILES string of the molecule is COC(=O)c1ccnc(NCC(C)OC)c1N. The van der Waals surface area contributed by atoms with Gasteiger partial charge in [-0.15, -0.1) is 0 Å². The Morgan fingerprint density at radius 2 is 2.29 bits per heavy atom. The van der Waals surface area contributed by atoms with Crippen LogP contribution in [0.4, 0.5) is 11.5 Å². The summed E-state index contributed by atoms with van der Waals surface area (Å²) in [6.07, 6.45) is 1.53. The molecule has 0 bridgehead atoms. The zero-order chi connectivity index (χ0) is 12.8. The van der Waals surface area contributed by atoms with Gasteiger partial charge in [-0.25, -0.2) is 9.78 Å². The Kier molecular flexibility index (Phi) is 4.71. The molecule has 17 heavy (non-hydrogen) atoms. The molecule has 1 aromatic heterocycles. The predicted octanol–water partition coefficient (Wildman–Crippen LogP) is 0.897. The van der Waals surface area contributed by atoms with Crippen molar-refractivity contribution in [3.63, 3.8) is 0 Å². The number of pyridine rings is 1. The van der Waals surface area contributed by atoms with Crippen molar-refractivity contribution in [2.24, 2.45) is 0 Å². The van der Waals surface area contributed by atoms with E-state index >= 15 is 0 Å². The van der Waals surface area contributed by atoms with E-state index in [1.807, 2.05) is 6.92 Å². The van der Waals surface area contributed by atoms with Crippen molar-refractivity contribution >= 4 is 17.5 Å². The predicted molar refractivity (Wildman–Crippen MR) is 64.9 cm³/mol. The van der Waals surface area contributed by atoms with Crippen molar-refractivity contribution in [1.82, 2.24) is 4.98 Å². The molecular formula is C11H17N3O3. The molecule has 0 saturated heterocycles. The lowest BCUT2D eigenvalue weighted by Crippen LogP contribution is -2.20. The number of carbonyl (C=O) groups is 1.